The number of benzene rings is 1. The largest absolute Gasteiger partial charge is 0.497 e. The van der Waals surface area contributed by atoms with Crippen LogP contribution in [0.25, 0.3) is 0 Å². The van der Waals surface area contributed by atoms with Crippen LogP contribution < -0.4 is 10.1 Å². The maximum absolute atomic E-state index is 12.4. The van der Waals surface area contributed by atoms with Gasteiger partial charge in [-0.25, -0.2) is 8.42 Å². The third kappa shape index (κ3) is 3.05. The molecule has 0 radical (unpaired) electrons. The fourth-order valence-corrected chi connectivity index (χ4v) is 3.32. The average Bonchev–Trinajstić information content (AvgIpc) is 2.64. The molecule has 1 heterocycles. The van der Waals surface area contributed by atoms with Gasteiger partial charge in [0.25, 0.3) is 0 Å². The van der Waals surface area contributed by atoms with Crippen molar-refractivity contribution in [2.45, 2.75) is 11.3 Å². The molecular formula is C12H16N2O4S. The van der Waals surface area contributed by atoms with E-state index in [9.17, 15) is 13.2 Å². The van der Waals surface area contributed by atoms with E-state index in [-0.39, 0.29) is 17.3 Å². The van der Waals surface area contributed by atoms with E-state index >= 15 is 0 Å². The predicted molar refractivity (Wildman–Crippen MR) is 69.4 cm³/mol. The summed E-state index contributed by atoms with van der Waals surface area (Å²) in [6, 6.07) is 6.14. The van der Waals surface area contributed by atoms with Gasteiger partial charge in [0.1, 0.15) is 5.75 Å². The van der Waals surface area contributed by atoms with Crippen LogP contribution >= 0.6 is 0 Å². The van der Waals surface area contributed by atoms with Crippen LogP contribution in [-0.4, -0.2) is 45.4 Å². The average molecular weight is 284 g/mol. The van der Waals surface area contributed by atoms with Gasteiger partial charge in [-0.2, -0.15) is 4.31 Å². The second kappa shape index (κ2) is 5.58. The van der Waals surface area contributed by atoms with Gasteiger partial charge in [-0.1, -0.05) is 0 Å². The van der Waals surface area contributed by atoms with Gasteiger partial charge in [0.05, 0.1) is 18.6 Å². The van der Waals surface area contributed by atoms with Crippen molar-refractivity contribution >= 4 is 15.9 Å². The van der Waals surface area contributed by atoms with Gasteiger partial charge >= 0.3 is 0 Å². The van der Waals surface area contributed by atoms with E-state index < -0.39 is 10.0 Å². The molecule has 1 aromatic rings. The minimum atomic E-state index is -3.63. The van der Waals surface area contributed by atoms with Gasteiger partial charge in [0.15, 0.2) is 0 Å². The van der Waals surface area contributed by atoms with Crippen molar-refractivity contribution in [3.63, 3.8) is 0 Å². The fourth-order valence-electron chi connectivity index (χ4n) is 1.88. The first-order chi connectivity index (χ1) is 9.04. The Morgan fingerprint density at radius 2 is 1.95 bits per heavy atom. The zero-order valence-electron chi connectivity index (χ0n) is 10.6. The van der Waals surface area contributed by atoms with E-state index in [4.69, 9.17) is 4.74 Å². The molecule has 0 aromatic heterocycles. The van der Waals surface area contributed by atoms with E-state index in [1.807, 2.05) is 0 Å². The molecule has 1 aliphatic heterocycles. The molecule has 1 N–H and O–H groups in total. The monoisotopic (exact) mass is 284 g/mol. The molecule has 1 fully saturated rings. The highest BCUT2D eigenvalue weighted by Crippen LogP contribution is 2.19. The van der Waals surface area contributed by atoms with Crippen LogP contribution in [0.15, 0.2) is 29.2 Å². The van der Waals surface area contributed by atoms with Gasteiger partial charge in [0, 0.05) is 13.1 Å². The lowest BCUT2D eigenvalue weighted by Gasteiger charge is -2.18. The number of nitrogens with zero attached hydrogens (tertiary/aromatic N) is 1. The van der Waals surface area contributed by atoms with Crippen molar-refractivity contribution in [1.82, 2.24) is 9.62 Å². The summed E-state index contributed by atoms with van der Waals surface area (Å²) < 4.78 is 31.0. The number of carbonyl (C=O) groups excluding carboxylic acids is 1. The van der Waals surface area contributed by atoms with Crippen LogP contribution in [0.1, 0.15) is 6.42 Å². The molecule has 0 unspecified atom stereocenters. The summed E-state index contributed by atoms with van der Waals surface area (Å²) in [5.41, 5.74) is 0. The molecule has 2 rings (SSSR count). The van der Waals surface area contributed by atoms with Crippen LogP contribution in [0.5, 0.6) is 5.75 Å². The van der Waals surface area contributed by atoms with Crippen LogP contribution in [0, 0.1) is 0 Å². The SMILES string of the molecule is COc1ccc(S(=O)(=O)N2CCCNC(=O)C2)cc1. The number of amides is 1. The number of carbonyl (C=O) groups is 1. The van der Waals surface area contributed by atoms with E-state index in [1.54, 1.807) is 12.1 Å². The third-order valence-electron chi connectivity index (χ3n) is 2.92. The molecule has 0 saturated carbocycles. The molecule has 1 aromatic carbocycles. The number of ether oxygens (including phenoxy) is 1. The molecule has 104 valence electrons. The summed E-state index contributed by atoms with van der Waals surface area (Å²) in [7, 11) is -2.11. The number of hydrogen-bond donors (Lipinski definition) is 1. The van der Waals surface area contributed by atoms with Gasteiger partial charge in [0.2, 0.25) is 15.9 Å². The van der Waals surface area contributed by atoms with Crippen LogP contribution in [-0.2, 0) is 14.8 Å². The summed E-state index contributed by atoms with van der Waals surface area (Å²) in [5, 5.41) is 2.65. The van der Waals surface area contributed by atoms with Crippen LogP contribution in [0.2, 0.25) is 0 Å². The fraction of sp³-hybridized carbons (Fsp3) is 0.417. The summed E-state index contributed by atoms with van der Waals surface area (Å²) in [6.45, 7) is 0.717. The Balaban J connectivity index is 2.26. The first-order valence-corrected chi connectivity index (χ1v) is 7.39. The molecule has 0 aliphatic carbocycles. The zero-order chi connectivity index (χ0) is 13.9. The second-order valence-corrected chi connectivity index (χ2v) is 6.16. The lowest BCUT2D eigenvalue weighted by atomic mass is 10.3. The van der Waals surface area contributed by atoms with E-state index in [0.29, 0.717) is 25.3 Å². The van der Waals surface area contributed by atoms with Gasteiger partial charge < -0.3 is 10.1 Å². The highest BCUT2D eigenvalue weighted by atomic mass is 32.2. The molecule has 0 bridgehead atoms. The minimum Gasteiger partial charge on any atom is -0.497 e. The highest BCUT2D eigenvalue weighted by molar-refractivity contribution is 7.89. The van der Waals surface area contributed by atoms with Gasteiger partial charge in [-0.15, -0.1) is 0 Å². The lowest BCUT2D eigenvalue weighted by Crippen LogP contribution is -2.37. The van der Waals surface area contributed by atoms with E-state index in [2.05, 4.69) is 5.32 Å². The first kappa shape index (κ1) is 13.8. The maximum atomic E-state index is 12.4. The first-order valence-electron chi connectivity index (χ1n) is 5.95. The van der Waals surface area contributed by atoms with Gasteiger partial charge in [-0.3, -0.25) is 4.79 Å². The molecule has 1 saturated heterocycles. The third-order valence-corrected chi connectivity index (χ3v) is 4.78. The Kier molecular flexibility index (Phi) is 4.06. The number of hydrogen-bond acceptors (Lipinski definition) is 4. The molecular weight excluding hydrogens is 268 g/mol. The molecule has 7 heteroatoms. The molecule has 0 atom stereocenters. The Hall–Kier alpha value is -1.60. The Morgan fingerprint density at radius 1 is 1.26 bits per heavy atom. The molecule has 19 heavy (non-hydrogen) atoms. The van der Waals surface area contributed by atoms with Crippen LogP contribution in [0.3, 0.4) is 0 Å². The van der Waals surface area contributed by atoms with Crippen molar-refractivity contribution in [2.24, 2.45) is 0 Å². The normalized spacial score (nSPS) is 17.6. The van der Waals surface area contributed by atoms with Crippen molar-refractivity contribution < 1.29 is 17.9 Å². The summed E-state index contributed by atoms with van der Waals surface area (Å²) >= 11 is 0. The van der Waals surface area contributed by atoms with Gasteiger partial charge in [-0.05, 0) is 30.7 Å². The predicted octanol–water partition coefficient (Wildman–Crippen LogP) is 0.206. The summed E-state index contributed by atoms with van der Waals surface area (Å²) in [5.74, 6) is 0.321. The Labute approximate surface area is 112 Å². The second-order valence-electron chi connectivity index (χ2n) is 4.22. The molecule has 6 nitrogen and oxygen atoms in total. The molecule has 1 aliphatic rings. The standard InChI is InChI=1S/C12H16N2O4S/c1-18-10-3-5-11(6-4-10)19(16,17)14-8-2-7-13-12(15)9-14/h3-6H,2,7-9H2,1H3,(H,13,15). The van der Waals surface area contributed by atoms with Crippen molar-refractivity contribution in [2.75, 3.05) is 26.7 Å². The lowest BCUT2D eigenvalue weighted by molar-refractivity contribution is -0.120. The van der Waals surface area contributed by atoms with Crippen molar-refractivity contribution in [1.29, 1.82) is 0 Å². The smallest absolute Gasteiger partial charge is 0.243 e. The molecule has 0 spiro atoms. The summed E-state index contributed by atoms with van der Waals surface area (Å²) in [6.07, 6.45) is 0.612. The molecule has 1 amide bonds. The minimum absolute atomic E-state index is 0.131. The maximum Gasteiger partial charge on any atom is 0.243 e. The summed E-state index contributed by atoms with van der Waals surface area (Å²) in [4.78, 5) is 11.6. The number of methoxy groups -OCH3 is 1. The quantitative estimate of drug-likeness (QED) is 0.860. The Morgan fingerprint density at radius 3 is 2.58 bits per heavy atom. The number of rotatable bonds is 3. The van der Waals surface area contributed by atoms with E-state index in [1.165, 1.54) is 23.5 Å². The highest BCUT2D eigenvalue weighted by Gasteiger charge is 2.27. The van der Waals surface area contributed by atoms with Crippen molar-refractivity contribution in [3.05, 3.63) is 24.3 Å². The van der Waals surface area contributed by atoms with Crippen LogP contribution in [0.4, 0.5) is 0 Å². The van der Waals surface area contributed by atoms with E-state index in [0.717, 1.165) is 0 Å². The Bertz CT molecular complexity index is 554. The zero-order valence-corrected chi connectivity index (χ0v) is 11.4. The number of sulfonamides is 1. The van der Waals surface area contributed by atoms with Crippen molar-refractivity contribution in [3.8, 4) is 5.75 Å². The topological polar surface area (TPSA) is 75.7 Å². The number of nitrogens with one attached hydrogen (secondary N) is 1.